The van der Waals surface area contributed by atoms with Crippen molar-refractivity contribution in [3.8, 4) is 0 Å². The zero-order chi connectivity index (χ0) is 53.7. The summed E-state index contributed by atoms with van der Waals surface area (Å²) in [5.74, 6) is 0. The van der Waals surface area contributed by atoms with Crippen LogP contribution in [0.15, 0.2) is 0 Å². The molecule has 0 spiro atoms. The molecular formula is C45H86B3F12N6OP. The summed E-state index contributed by atoms with van der Waals surface area (Å²) in [4.78, 5) is 8.25. The standard InChI is InChI=1S/C45H84N6P.3BF4.H2O/c1-25(2)46(26(3)4)37-38(47(27(5)6)28(7)8)43(37)52(44-39(48(29(9)10)30(11)12)40(44)49(31(13)14)32(15)16)45-41(50(33(17)18)34(19)20)42(45)51(35(21)22)36(23)24;3*2-1(3,4)5;/h25-36H,1-24H3;;;;1H2/q+3;3*-1;. The number of hydrogen-bond acceptors (Lipinski definition) is 3. The van der Waals surface area contributed by atoms with Crippen molar-refractivity contribution >= 4 is 62.7 Å². The van der Waals surface area contributed by atoms with Gasteiger partial charge in [0, 0.05) is 44.2 Å². The summed E-state index contributed by atoms with van der Waals surface area (Å²) in [6.07, 6.45) is 0. The molecule has 0 radical (unpaired) electrons. The minimum Gasteiger partial charge on any atom is -0.418 e. The number of rotatable bonds is 18. The van der Waals surface area contributed by atoms with Crippen molar-refractivity contribution in [2.24, 2.45) is 0 Å². The van der Waals surface area contributed by atoms with Crippen molar-refractivity contribution < 1.29 is 57.3 Å². The first kappa shape index (κ1) is 67.5. The van der Waals surface area contributed by atoms with Crippen LogP contribution in [0.1, 0.15) is 166 Å². The SMILES string of the molecule is CC(C)N(c1c(P(c2c(N(C(C)C)C(C)C)c2=[N+](C(C)C)C(C)C)c2c(N(C(C)C)C(C)C)c2=[N+](C(C)C)C(C)C)c1=[N+](C(C)C)C(C)C)C(C)C.F[B-](F)(F)F.F[B-](F)(F)F.F[B-](F)(F)F.O. The van der Waals surface area contributed by atoms with E-state index in [1.54, 1.807) is 15.9 Å². The fraction of sp³-hybridized carbons (Fsp3) is 0.800. The van der Waals surface area contributed by atoms with Crippen molar-refractivity contribution in [3.63, 3.8) is 0 Å². The second kappa shape index (κ2) is 26.2. The summed E-state index contributed by atoms with van der Waals surface area (Å²) in [5, 5.41) is 9.46. The first-order chi connectivity index (χ1) is 29.9. The molecule has 0 heterocycles. The van der Waals surface area contributed by atoms with Crippen LogP contribution in [0.25, 0.3) is 0 Å². The molecule has 68 heavy (non-hydrogen) atoms. The van der Waals surface area contributed by atoms with E-state index in [0.29, 0.717) is 72.5 Å². The Hall–Kier alpha value is -2.63. The molecular weight excluding hydrogens is 932 g/mol. The zero-order valence-electron chi connectivity index (χ0n) is 45.3. The van der Waals surface area contributed by atoms with Crippen LogP contribution in [0.4, 0.5) is 68.9 Å². The first-order valence-corrected chi connectivity index (χ1v) is 25.2. The maximum atomic E-state index is 9.75. The van der Waals surface area contributed by atoms with Gasteiger partial charge < -0.3 is 72.0 Å². The van der Waals surface area contributed by atoms with Gasteiger partial charge in [0.05, 0.1) is 15.9 Å². The average molecular weight is 1020 g/mol. The normalized spacial score (nSPS) is 12.8. The van der Waals surface area contributed by atoms with Crippen LogP contribution in [-0.4, -0.2) is 99.7 Å². The monoisotopic (exact) mass is 1020 g/mol. The third-order valence-corrected chi connectivity index (χ3v) is 13.3. The van der Waals surface area contributed by atoms with Crippen LogP contribution in [-0.2, 0) is 0 Å². The van der Waals surface area contributed by atoms with Gasteiger partial charge >= 0.3 is 21.8 Å². The van der Waals surface area contributed by atoms with Gasteiger partial charge in [-0.25, -0.2) is 13.7 Å². The van der Waals surface area contributed by atoms with Crippen LogP contribution in [0, 0.1) is 0 Å². The van der Waals surface area contributed by atoms with Gasteiger partial charge in [0.15, 0.2) is 0 Å². The minimum atomic E-state index is -6.00. The Morgan fingerprint density at radius 2 is 0.412 bits per heavy atom. The maximum Gasteiger partial charge on any atom is 0.673 e. The lowest BCUT2D eigenvalue weighted by molar-refractivity contribution is 0.366. The molecule has 3 aromatic carbocycles. The van der Waals surface area contributed by atoms with E-state index in [2.05, 4.69) is 195 Å². The highest BCUT2D eigenvalue weighted by Crippen LogP contribution is 2.47. The molecule has 0 saturated heterocycles. The fourth-order valence-electron chi connectivity index (χ4n) is 9.59. The zero-order valence-corrected chi connectivity index (χ0v) is 46.2. The molecule has 400 valence electrons. The first-order valence-electron chi connectivity index (χ1n) is 23.8. The summed E-state index contributed by atoms with van der Waals surface area (Å²) in [7, 11) is -18.9. The van der Waals surface area contributed by atoms with Crippen LogP contribution < -0.4 is 60.4 Å². The minimum absolute atomic E-state index is 0. The largest absolute Gasteiger partial charge is 0.673 e. The molecule has 3 aromatic rings. The Morgan fingerprint density at radius 3 is 0.500 bits per heavy atom. The van der Waals surface area contributed by atoms with E-state index < -0.39 is 29.7 Å². The van der Waals surface area contributed by atoms with Crippen molar-refractivity contribution in [1.29, 1.82) is 0 Å². The molecule has 23 heteroatoms. The van der Waals surface area contributed by atoms with Gasteiger partial charge in [-0.3, -0.25) is 0 Å². The predicted octanol–water partition coefficient (Wildman–Crippen LogP) is 9.78. The highest BCUT2D eigenvalue weighted by Gasteiger charge is 2.55. The molecule has 0 bridgehead atoms. The molecule has 0 atom stereocenters. The molecule has 0 aromatic heterocycles. The van der Waals surface area contributed by atoms with E-state index in [1.165, 1.54) is 33.1 Å². The second-order valence-electron chi connectivity index (χ2n) is 20.5. The van der Waals surface area contributed by atoms with Gasteiger partial charge in [-0.1, -0.05) is 0 Å². The van der Waals surface area contributed by atoms with Crippen molar-refractivity contribution in [2.45, 2.75) is 239 Å². The predicted molar refractivity (Wildman–Crippen MR) is 271 cm³/mol. The molecule has 0 aliphatic heterocycles. The highest BCUT2D eigenvalue weighted by atomic mass is 31.1. The maximum absolute atomic E-state index is 9.75. The van der Waals surface area contributed by atoms with E-state index in [-0.39, 0.29) is 5.48 Å². The van der Waals surface area contributed by atoms with Crippen LogP contribution in [0.3, 0.4) is 0 Å². The quantitative estimate of drug-likeness (QED) is 0.0553. The molecule has 0 amide bonds. The van der Waals surface area contributed by atoms with Gasteiger partial charge in [0.25, 0.3) is 0 Å². The van der Waals surface area contributed by atoms with Gasteiger partial charge in [0.2, 0.25) is 16.1 Å². The number of hydrogen-bond donors (Lipinski definition) is 0. The number of halogens is 12. The Balaban J connectivity index is 0. The molecule has 0 saturated carbocycles. The van der Waals surface area contributed by atoms with E-state index in [9.17, 15) is 51.8 Å². The van der Waals surface area contributed by atoms with E-state index in [1.807, 2.05) is 0 Å². The molecule has 3 rings (SSSR count). The molecule has 0 aliphatic rings. The molecule has 7 nitrogen and oxygen atoms in total. The third kappa shape index (κ3) is 19.9. The molecule has 0 unspecified atom stereocenters. The summed E-state index contributed by atoms with van der Waals surface area (Å²) < 4.78 is 125. The second-order valence-corrected chi connectivity index (χ2v) is 22.5. The smallest absolute Gasteiger partial charge is 0.418 e. The molecule has 2 N–H and O–H groups in total. The summed E-state index contributed by atoms with van der Waals surface area (Å²) in [5.41, 5.74) is 4.58. The summed E-state index contributed by atoms with van der Waals surface area (Å²) in [6, 6.07) is 4.88. The van der Waals surface area contributed by atoms with Gasteiger partial charge in [-0.05, 0) is 166 Å². The van der Waals surface area contributed by atoms with E-state index >= 15 is 0 Å². The Labute approximate surface area is 402 Å². The Bertz CT molecular complexity index is 1740. The van der Waals surface area contributed by atoms with Crippen molar-refractivity contribution in [1.82, 2.24) is 13.7 Å². The van der Waals surface area contributed by atoms with Crippen LogP contribution in [0.5, 0.6) is 0 Å². The van der Waals surface area contributed by atoms with E-state index in [4.69, 9.17) is 0 Å². The lowest BCUT2D eigenvalue weighted by Gasteiger charge is -2.30. The summed E-state index contributed by atoms with van der Waals surface area (Å²) >= 11 is 0. The van der Waals surface area contributed by atoms with Gasteiger partial charge in [-0.2, -0.15) is 0 Å². The lowest BCUT2D eigenvalue weighted by atomic mass is 10.2. The average Bonchev–Trinajstić information content (AvgIpc) is 3.99. The Kier molecular flexibility index (Phi) is 26.0. The van der Waals surface area contributed by atoms with E-state index in [0.717, 1.165) is 0 Å². The topological polar surface area (TPSA) is 50.2 Å². The summed E-state index contributed by atoms with van der Waals surface area (Å²) in [6.45, 7) is 57.5. The number of nitrogens with zero attached hydrogens (tertiary/aromatic N) is 6. The van der Waals surface area contributed by atoms with Gasteiger partial charge in [0.1, 0.15) is 53.3 Å². The van der Waals surface area contributed by atoms with Crippen molar-refractivity contribution in [3.05, 3.63) is 16.1 Å². The lowest BCUT2D eigenvalue weighted by Crippen LogP contribution is -2.43. The Morgan fingerprint density at radius 1 is 0.294 bits per heavy atom. The molecule has 0 fully saturated rings. The third-order valence-electron chi connectivity index (χ3n) is 10.7. The number of anilines is 3. The van der Waals surface area contributed by atoms with Crippen LogP contribution in [0.2, 0.25) is 0 Å². The van der Waals surface area contributed by atoms with Gasteiger partial charge in [-0.15, -0.1) is 0 Å². The highest BCUT2D eigenvalue weighted by molar-refractivity contribution is 7.82. The van der Waals surface area contributed by atoms with Crippen molar-refractivity contribution in [2.75, 3.05) is 14.7 Å². The fourth-order valence-corrected chi connectivity index (χ4v) is 12.7. The van der Waals surface area contributed by atoms with Crippen LogP contribution >= 0.6 is 7.92 Å². The molecule has 0 aliphatic carbocycles.